The Kier molecular flexibility index (Phi) is 6.73. The number of nitrogens with zero attached hydrogens (tertiary/aromatic N) is 7. The molecule has 0 bridgehead atoms. The van der Waals surface area contributed by atoms with E-state index in [4.69, 9.17) is 5.10 Å². The maximum atomic E-state index is 13.0. The Morgan fingerprint density at radius 2 is 1.67 bits per heavy atom. The molecule has 1 N–H and O–H groups in total. The highest BCUT2D eigenvalue weighted by Crippen LogP contribution is 2.26. The molecule has 6 rings (SSSR count). The lowest BCUT2D eigenvalue weighted by Crippen LogP contribution is -2.44. The number of rotatable bonds is 6. The smallest absolute Gasteiger partial charge is 0.230 e. The van der Waals surface area contributed by atoms with Gasteiger partial charge in [-0.15, -0.1) is 0 Å². The lowest BCUT2D eigenvalue weighted by atomic mass is 10.1. The van der Waals surface area contributed by atoms with Gasteiger partial charge < -0.3 is 15.1 Å². The number of likely N-dealkylation sites (N-methyl/N-ethyl adjacent to an activating group) is 1. The van der Waals surface area contributed by atoms with Crippen LogP contribution in [0.25, 0.3) is 28.1 Å². The number of benzene rings is 2. The van der Waals surface area contributed by atoms with Crippen LogP contribution in [0.15, 0.2) is 79.1 Å². The number of nitrogens with one attached hydrogen (secondary N) is 1. The number of aromatic nitrogens is 5. The molecule has 3 aromatic heterocycles. The third-order valence-electron chi connectivity index (χ3n) is 6.98. The number of carbonyl (C=O) groups excluding carboxylic acids is 1. The highest BCUT2D eigenvalue weighted by Gasteiger charge is 2.17. The minimum absolute atomic E-state index is 0.125. The van der Waals surface area contributed by atoms with E-state index in [9.17, 15) is 4.79 Å². The van der Waals surface area contributed by atoms with Crippen molar-refractivity contribution in [3.63, 3.8) is 0 Å². The molecular weight excluding hydrogens is 488 g/mol. The van der Waals surface area contributed by atoms with Crippen LogP contribution in [-0.4, -0.2) is 68.8 Å². The minimum atomic E-state index is -0.125. The van der Waals surface area contributed by atoms with Crippen LogP contribution in [-0.2, 0) is 11.2 Å². The fourth-order valence-electron chi connectivity index (χ4n) is 4.86. The monoisotopic (exact) mass is 518 g/mol. The lowest BCUT2D eigenvalue weighted by Gasteiger charge is -2.34. The van der Waals surface area contributed by atoms with Crippen molar-refractivity contribution >= 4 is 28.3 Å². The number of piperazine rings is 1. The first kappa shape index (κ1) is 24.7. The SMILES string of the molecule is Cc1cccc(-n2nc(CC(=O)Nc3ccc(N4CCN(C)CC4)cc3)cc2-c2ccc3nccnc3c2)n1. The van der Waals surface area contributed by atoms with E-state index in [1.165, 1.54) is 5.69 Å². The number of amides is 1. The van der Waals surface area contributed by atoms with E-state index in [-0.39, 0.29) is 12.3 Å². The van der Waals surface area contributed by atoms with Crippen LogP contribution in [0.2, 0.25) is 0 Å². The molecular formula is C30H30N8O. The summed E-state index contributed by atoms with van der Waals surface area (Å²) in [6.45, 7) is 6.07. The number of hydrogen-bond donors (Lipinski definition) is 1. The van der Waals surface area contributed by atoms with E-state index in [1.54, 1.807) is 17.1 Å². The number of pyridine rings is 1. The maximum absolute atomic E-state index is 13.0. The summed E-state index contributed by atoms with van der Waals surface area (Å²) < 4.78 is 1.79. The van der Waals surface area contributed by atoms with Gasteiger partial charge in [-0.2, -0.15) is 5.10 Å². The second kappa shape index (κ2) is 10.6. The van der Waals surface area contributed by atoms with Gasteiger partial charge in [-0.25, -0.2) is 9.67 Å². The zero-order valence-corrected chi connectivity index (χ0v) is 22.1. The molecule has 0 radical (unpaired) electrons. The van der Waals surface area contributed by atoms with Crippen molar-refractivity contribution in [2.24, 2.45) is 0 Å². The van der Waals surface area contributed by atoms with E-state index in [0.717, 1.165) is 59.9 Å². The number of fused-ring (bicyclic) bond motifs is 1. The molecule has 1 saturated heterocycles. The largest absolute Gasteiger partial charge is 0.369 e. The first-order chi connectivity index (χ1) is 19.0. The normalized spacial score (nSPS) is 14.1. The van der Waals surface area contributed by atoms with Gasteiger partial charge in [-0.05, 0) is 68.6 Å². The highest BCUT2D eigenvalue weighted by atomic mass is 16.1. The number of aryl methyl sites for hydroxylation is 1. The Morgan fingerprint density at radius 1 is 0.897 bits per heavy atom. The topological polar surface area (TPSA) is 92.1 Å². The van der Waals surface area contributed by atoms with Crippen molar-refractivity contribution in [2.45, 2.75) is 13.3 Å². The molecule has 1 fully saturated rings. The maximum Gasteiger partial charge on any atom is 0.230 e. The molecule has 1 aliphatic rings. The summed E-state index contributed by atoms with van der Waals surface area (Å²) in [5.41, 5.74) is 6.85. The van der Waals surface area contributed by atoms with E-state index in [0.29, 0.717) is 11.5 Å². The molecule has 0 spiro atoms. The van der Waals surface area contributed by atoms with Crippen LogP contribution in [0, 0.1) is 6.92 Å². The molecule has 1 aliphatic heterocycles. The Bertz CT molecular complexity index is 1620. The highest BCUT2D eigenvalue weighted by molar-refractivity contribution is 5.92. The summed E-state index contributed by atoms with van der Waals surface area (Å²) in [7, 11) is 2.15. The first-order valence-electron chi connectivity index (χ1n) is 13.1. The van der Waals surface area contributed by atoms with E-state index >= 15 is 0 Å². The van der Waals surface area contributed by atoms with E-state index < -0.39 is 0 Å². The zero-order chi connectivity index (χ0) is 26.8. The van der Waals surface area contributed by atoms with Gasteiger partial charge >= 0.3 is 0 Å². The molecule has 0 aliphatic carbocycles. The van der Waals surface area contributed by atoms with Crippen molar-refractivity contribution in [3.05, 3.63) is 90.5 Å². The van der Waals surface area contributed by atoms with Gasteiger partial charge in [-0.1, -0.05) is 12.1 Å². The quantitative estimate of drug-likeness (QED) is 0.362. The first-order valence-corrected chi connectivity index (χ1v) is 13.1. The summed E-state index contributed by atoms with van der Waals surface area (Å²) in [4.78, 5) is 31.2. The molecule has 2 aromatic carbocycles. The second-order valence-corrected chi connectivity index (χ2v) is 9.89. The number of hydrogen-bond acceptors (Lipinski definition) is 7. The van der Waals surface area contributed by atoms with Gasteiger partial charge in [0.2, 0.25) is 5.91 Å². The van der Waals surface area contributed by atoms with Crippen LogP contribution in [0.4, 0.5) is 11.4 Å². The Hall–Kier alpha value is -4.63. The molecule has 0 unspecified atom stereocenters. The molecule has 39 heavy (non-hydrogen) atoms. The van der Waals surface area contributed by atoms with Crippen LogP contribution in [0.1, 0.15) is 11.4 Å². The molecule has 1 amide bonds. The summed E-state index contributed by atoms with van der Waals surface area (Å²) in [6.07, 6.45) is 3.50. The van der Waals surface area contributed by atoms with E-state index in [1.807, 2.05) is 61.5 Å². The molecule has 5 aromatic rings. The van der Waals surface area contributed by atoms with Crippen molar-refractivity contribution in [3.8, 4) is 17.1 Å². The Labute approximate surface area is 227 Å². The fraction of sp³-hybridized carbons (Fsp3) is 0.233. The molecule has 4 heterocycles. The van der Waals surface area contributed by atoms with E-state index in [2.05, 4.69) is 49.2 Å². The summed E-state index contributed by atoms with van der Waals surface area (Å²) in [5.74, 6) is 0.565. The van der Waals surface area contributed by atoms with Gasteiger partial charge in [0.1, 0.15) is 0 Å². The summed E-state index contributed by atoms with van der Waals surface area (Å²) in [6, 6.07) is 21.7. The van der Waals surface area contributed by atoms with Crippen LogP contribution < -0.4 is 10.2 Å². The summed E-state index contributed by atoms with van der Waals surface area (Å²) in [5, 5.41) is 7.81. The predicted molar refractivity (Wildman–Crippen MR) is 153 cm³/mol. The molecule has 0 saturated carbocycles. The van der Waals surface area contributed by atoms with Crippen LogP contribution in [0.3, 0.4) is 0 Å². The average molecular weight is 519 g/mol. The minimum Gasteiger partial charge on any atom is -0.369 e. The van der Waals surface area contributed by atoms with Crippen LogP contribution >= 0.6 is 0 Å². The van der Waals surface area contributed by atoms with Gasteiger partial charge in [-0.3, -0.25) is 14.8 Å². The van der Waals surface area contributed by atoms with Gasteiger partial charge in [0.25, 0.3) is 0 Å². The van der Waals surface area contributed by atoms with Gasteiger partial charge in [0.15, 0.2) is 5.82 Å². The second-order valence-electron chi connectivity index (χ2n) is 9.89. The molecule has 196 valence electrons. The van der Waals surface area contributed by atoms with Crippen molar-refractivity contribution in [1.29, 1.82) is 0 Å². The van der Waals surface area contributed by atoms with Crippen molar-refractivity contribution in [2.75, 3.05) is 43.4 Å². The number of anilines is 2. The lowest BCUT2D eigenvalue weighted by molar-refractivity contribution is -0.115. The van der Waals surface area contributed by atoms with Gasteiger partial charge in [0, 0.05) is 61.2 Å². The fourth-order valence-corrected chi connectivity index (χ4v) is 4.86. The number of carbonyl (C=O) groups is 1. The molecule has 0 atom stereocenters. The van der Waals surface area contributed by atoms with Crippen LogP contribution in [0.5, 0.6) is 0 Å². The van der Waals surface area contributed by atoms with Gasteiger partial charge in [0.05, 0.1) is 28.8 Å². The predicted octanol–water partition coefficient (Wildman–Crippen LogP) is 4.12. The molecule has 9 heteroatoms. The standard InChI is InChI=1S/C30H30N8O/c1-21-4-3-5-29(33-21)38-28(22-6-11-26-27(18-22)32-13-12-31-26)19-24(35-38)20-30(39)34-23-7-9-25(10-8-23)37-16-14-36(2)15-17-37/h3-13,18-19H,14-17,20H2,1-2H3,(H,34,39). The average Bonchev–Trinajstić information content (AvgIpc) is 3.37. The third-order valence-corrected chi connectivity index (χ3v) is 6.98. The zero-order valence-electron chi connectivity index (χ0n) is 22.1. The Balaban J connectivity index is 1.23. The Morgan fingerprint density at radius 3 is 2.44 bits per heavy atom. The molecule has 9 nitrogen and oxygen atoms in total. The van der Waals surface area contributed by atoms with Crippen molar-refractivity contribution < 1.29 is 4.79 Å². The third kappa shape index (κ3) is 5.49. The van der Waals surface area contributed by atoms with Crippen molar-refractivity contribution in [1.82, 2.24) is 29.6 Å². The summed E-state index contributed by atoms with van der Waals surface area (Å²) >= 11 is 0.